The monoisotopic (exact) mass is 791 g/mol. The Kier molecular flexibility index (Phi) is 8.64. The van der Waals surface area contributed by atoms with Crippen LogP contribution in [-0.2, 0) is 0 Å². The van der Waals surface area contributed by atoms with Crippen LogP contribution in [0, 0.1) is 0 Å². The van der Waals surface area contributed by atoms with E-state index in [0.717, 1.165) is 40.3 Å². The third-order valence-corrected chi connectivity index (χ3v) is 12.6. The molecule has 1 unspecified atom stereocenters. The van der Waals surface area contributed by atoms with E-state index in [0.29, 0.717) is 0 Å². The highest BCUT2D eigenvalue weighted by atomic mass is 15.0. The van der Waals surface area contributed by atoms with E-state index >= 15 is 0 Å². The number of rotatable bonds is 7. The lowest BCUT2D eigenvalue weighted by Crippen LogP contribution is -2.01. The van der Waals surface area contributed by atoms with Crippen molar-refractivity contribution < 1.29 is 0 Å². The van der Waals surface area contributed by atoms with Gasteiger partial charge in [-0.2, -0.15) is 0 Å². The zero-order chi connectivity index (χ0) is 41.0. The molecule has 1 atom stereocenters. The molecule has 8 aromatic carbocycles. The second kappa shape index (κ2) is 14.9. The van der Waals surface area contributed by atoms with Crippen LogP contribution >= 0.6 is 0 Å². The van der Waals surface area contributed by atoms with Crippen LogP contribution in [0.3, 0.4) is 0 Å². The molecule has 3 heteroatoms. The number of nitrogens with zero attached hydrogens (tertiary/aromatic N) is 3. The van der Waals surface area contributed by atoms with Crippen molar-refractivity contribution in [1.82, 2.24) is 14.1 Å². The summed E-state index contributed by atoms with van der Waals surface area (Å²) in [4.78, 5) is 5.26. The molecule has 0 saturated heterocycles. The van der Waals surface area contributed by atoms with Gasteiger partial charge in [0, 0.05) is 50.0 Å². The largest absolute Gasteiger partial charge is 0.309 e. The molecule has 3 nitrogen and oxygen atoms in total. The van der Waals surface area contributed by atoms with Crippen LogP contribution in [0.1, 0.15) is 23.6 Å². The van der Waals surface area contributed by atoms with Gasteiger partial charge in [-0.1, -0.05) is 170 Å². The Bertz CT molecular complexity index is 3480. The van der Waals surface area contributed by atoms with Crippen LogP contribution in [0.2, 0.25) is 0 Å². The van der Waals surface area contributed by atoms with Crippen molar-refractivity contribution >= 4 is 49.2 Å². The summed E-state index contributed by atoms with van der Waals surface area (Å²) < 4.78 is 4.87. The van der Waals surface area contributed by atoms with E-state index in [4.69, 9.17) is 4.98 Å². The maximum absolute atomic E-state index is 5.26. The number of hydrogen-bond acceptors (Lipinski definition) is 1. The van der Waals surface area contributed by atoms with Gasteiger partial charge in [-0.15, -0.1) is 0 Å². The lowest BCUT2D eigenvalue weighted by Gasteiger charge is -2.19. The number of fused-ring (bicyclic) bond motifs is 6. The molecule has 3 aromatic heterocycles. The first-order valence-electron chi connectivity index (χ1n) is 21.5. The fourth-order valence-electron chi connectivity index (χ4n) is 9.73. The van der Waals surface area contributed by atoms with E-state index in [1.54, 1.807) is 0 Å². The summed E-state index contributed by atoms with van der Waals surface area (Å²) in [7, 11) is 0. The molecule has 0 fully saturated rings. The van der Waals surface area contributed by atoms with Gasteiger partial charge in [0.25, 0.3) is 0 Å². The van der Waals surface area contributed by atoms with E-state index in [1.165, 1.54) is 71.4 Å². The number of pyridine rings is 1. The van der Waals surface area contributed by atoms with E-state index < -0.39 is 0 Å². The minimum absolute atomic E-state index is 0.212. The average molecular weight is 792 g/mol. The Morgan fingerprint density at radius 2 is 1.00 bits per heavy atom. The molecule has 0 amide bonds. The first-order chi connectivity index (χ1) is 30.7. The molecular weight excluding hydrogens is 751 g/mol. The standard InChI is InChI=1S/C59H41N3/c1-4-17-40(18-5-1)46-38-54(41-19-6-2-7-20-41)60-55(39-46)45-23-14-21-42(35-45)43-33-34-58-53(37-43)51-28-11-12-31-56(51)61(58)48-26-15-22-44(36-48)49-29-16-30-52-50-27-10-13-32-57(50)62(59(49)52)47-24-8-3-9-25-47/h1-20,22-39,42H,21H2. The van der Waals surface area contributed by atoms with Gasteiger partial charge in [0.15, 0.2) is 0 Å². The average Bonchev–Trinajstić information content (AvgIpc) is 3.88. The number of hydrogen-bond donors (Lipinski definition) is 0. The summed E-state index contributed by atoms with van der Waals surface area (Å²) in [5.41, 5.74) is 17.4. The van der Waals surface area contributed by atoms with Crippen molar-refractivity contribution in [2.45, 2.75) is 12.3 Å². The number of aromatic nitrogens is 3. The minimum Gasteiger partial charge on any atom is -0.309 e. The topological polar surface area (TPSA) is 22.8 Å². The predicted octanol–water partition coefficient (Wildman–Crippen LogP) is 15.4. The lowest BCUT2D eigenvalue weighted by molar-refractivity contribution is 0.858. The summed E-state index contributed by atoms with van der Waals surface area (Å²) in [6, 6.07) is 76.8. The highest BCUT2D eigenvalue weighted by Gasteiger charge is 2.20. The third kappa shape index (κ3) is 6.09. The Morgan fingerprint density at radius 1 is 0.403 bits per heavy atom. The Labute approximate surface area is 360 Å². The summed E-state index contributed by atoms with van der Waals surface area (Å²) in [6.07, 6.45) is 7.92. The van der Waals surface area contributed by atoms with Crippen LogP contribution < -0.4 is 0 Å². The third-order valence-electron chi connectivity index (χ3n) is 12.6. The molecule has 11 aromatic rings. The van der Waals surface area contributed by atoms with E-state index in [1.807, 2.05) is 0 Å². The molecule has 3 heterocycles. The fourth-order valence-corrected chi connectivity index (χ4v) is 9.73. The van der Waals surface area contributed by atoms with Crippen LogP contribution in [0.4, 0.5) is 0 Å². The number of benzene rings is 8. The van der Waals surface area contributed by atoms with Crippen molar-refractivity contribution in [2.75, 3.05) is 0 Å². The van der Waals surface area contributed by atoms with Crippen molar-refractivity contribution in [1.29, 1.82) is 0 Å². The number of allylic oxidation sites excluding steroid dienone is 4. The predicted molar refractivity (Wildman–Crippen MR) is 260 cm³/mol. The van der Waals surface area contributed by atoms with Gasteiger partial charge in [0.2, 0.25) is 0 Å². The first-order valence-corrected chi connectivity index (χ1v) is 21.5. The zero-order valence-corrected chi connectivity index (χ0v) is 34.1. The molecule has 0 N–H and O–H groups in total. The van der Waals surface area contributed by atoms with Crippen molar-refractivity contribution in [2.24, 2.45) is 0 Å². The van der Waals surface area contributed by atoms with E-state index in [2.05, 4.69) is 240 Å². The maximum atomic E-state index is 5.26. The SMILES string of the molecule is C1=CC(c2cc(-c3ccccc3)cc(-c3ccccc3)n2)=CC(c2ccc3c(c2)c2ccccc2n3-c2cccc(-c3cccc4c5ccccc5n(-c5ccccc5)c34)c2)C1. The molecule has 1 aliphatic carbocycles. The fraction of sp³-hybridized carbons (Fsp3) is 0.0339. The molecule has 12 rings (SSSR count). The summed E-state index contributed by atoms with van der Waals surface area (Å²) in [5, 5.41) is 5.02. The van der Waals surface area contributed by atoms with Gasteiger partial charge >= 0.3 is 0 Å². The Morgan fingerprint density at radius 3 is 1.79 bits per heavy atom. The van der Waals surface area contributed by atoms with Gasteiger partial charge < -0.3 is 9.13 Å². The van der Waals surface area contributed by atoms with Crippen molar-refractivity contribution in [3.05, 3.63) is 242 Å². The van der Waals surface area contributed by atoms with Crippen LogP contribution in [-0.4, -0.2) is 14.1 Å². The summed E-state index contributed by atoms with van der Waals surface area (Å²) in [6.45, 7) is 0. The smallest absolute Gasteiger partial charge is 0.0715 e. The first kappa shape index (κ1) is 35.9. The van der Waals surface area contributed by atoms with Gasteiger partial charge in [-0.3, -0.25) is 0 Å². The molecule has 0 bridgehead atoms. The summed E-state index contributed by atoms with van der Waals surface area (Å²) >= 11 is 0. The Balaban J connectivity index is 0.963. The molecule has 0 aliphatic heterocycles. The van der Waals surface area contributed by atoms with Crippen LogP contribution in [0.5, 0.6) is 0 Å². The highest BCUT2D eigenvalue weighted by molar-refractivity contribution is 6.14. The zero-order valence-electron chi connectivity index (χ0n) is 34.1. The van der Waals surface area contributed by atoms with Crippen LogP contribution in [0.25, 0.3) is 94.1 Å². The van der Waals surface area contributed by atoms with E-state index in [-0.39, 0.29) is 5.92 Å². The molecule has 0 radical (unpaired) electrons. The Hall–Kier alpha value is -8.01. The van der Waals surface area contributed by atoms with Crippen LogP contribution in [0.15, 0.2) is 231 Å². The lowest BCUT2D eigenvalue weighted by atomic mass is 9.87. The quantitative estimate of drug-likeness (QED) is 0.158. The minimum atomic E-state index is 0.212. The summed E-state index contributed by atoms with van der Waals surface area (Å²) in [5.74, 6) is 0.212. The van der Waals surface area contributed by atoms with Gasteiger partial charge in [0.05, 0.1) is 33.5 Å². The van der Waals surface area contributed by atoms with Gasteiger partial charge in [-0.25, -0.2) is 4.98 Å². The van der Waals surface area contributed by atoms with Crippen molar-refractivity contribution in [3.63, 3.8) is 0 Å². The number of para-hydroxylation sites is 4. The maximum Gasteiger partial charge on any atom is 0.0715 e. The molecular formula is C59H41N3. The van der Waals surface area contributed by atoms with Gasteiger partial charge in [0.1, 0.15) is 0 Å². The highest BCUT2D eigenvalue weighted by Crippen LogP contribution is 2.41. The molecule has 1 aliphatic rings. The normalized spacial score (nSPS) is 13.9. The second-order valence-electron chi connectivity index (χ2n) is 16.3. The van der Waals surface area contributed by atoms with Crippen molar-refractivity contribution in [3.8, 4) is 44.9 Å². The van der Waals surface area contributed by atoms with E-state index in [9.17, 15) is 0 Å². The second-order valence-corrected chi connectivity index (χ2v) is 16.3. The molecule has 62 heavy (non-hydrogen) atoms. The molecule has 0 spiro atoms. The molecule has 0 saturated carbocycles. The van der Waals surface area contributed by atoms with Gasteiger partial charge in [-0.05, 0) is 94.9 Å². The molecule has 292 valence electrons.